The lowest BCUT2D eigenvalue weighted by molar-refractivity contribution is 0.132. The Morgan fingerprint density at radius 2 is 1.97 bits per heavy atom. The zero-order chi connectivity index (χ0) is 26.5. The van der Waals surface area contributed by atoms with Crippen molar-refractivity contribution in [3.05, 3.63) is 52.4 Å². The predicted octanol–water partition coefficient (Wildman–Crippen LogP) is 5.08. The maximum absolute atomic E-state index is 15.0. The van der Waals surface area contributed by atoms with Crippen molar-refractivity contribution < 1.29 is 27.1 Å². The van der Waals surface area contributed by atoms with E-state index in [-0.39, 0.29) is 52.2 Å². The standard InChI is InChI=1S/C23H20Cl2FN5O5S/c1-3-37(33,34)30-8-6-12(7-9-30)36-21-16(35-2)10-14-17-20(21)29-23(32)31(22(17)28-11-27-14)15-5-4-13(24)18(25)19(15)26/h3-5,10-12H,1,6-9H2,2H3,(H,29,32). The Kier molecular flexibility index (Phi) is 6.61. The highest BCUT2D eigenvalue weighted by Gasteiger charge is 2.36. The number of nitrogens with one attached hydrogen (secondary N) is 1. The Labute approximate surface area is 221 Å². The van der Waals surface area contributed by atoms with Gasteiger partial charge in [0.05, 0.1) is 33.7 Å². The topological polar surface area (TPSA) is 114 Å². The molecule has 0 spiro atoms. The summed E-state index contributed by atoms with van der Waals surface area (Å²) in [5.74, 6) is -0.229. The Balaban J connectivity index is 1.58. The third kappa shape index (κ3) is 4.33. The number of carbonyl (C=O) groups excluding carboxylic acids is 1. The first-order valence-electron chi connectivity index (χ1n) is 11.1. The summed E-state index contributed by atoms with van der Waals surface area (Å²) in [6, 6.07) is 3.62. The Hall–Kier alpha value is -3.19. The van der Waals surface area contributed by atoms with Crippen molar-refractivity contribution in [2.45, 2.75) is 18.9 Å². The molecule has 0 aliphatic carbocycles. The van der Waals surface area contributed by atoms with Gasteiger partial charge in [0.1, 0.15) is 18.1 Å². The Morgan fingerprint density at radius 1 is 1.24 bits per heavy atom. The number of aromatic nitrogens is 2. The van der Waals surface area contributed by atoms with Gasteiger partial charge in [0.2, 0.25) is 10.0 Å². The first-order chi connectivity index (χ1) is 17.7. The first kappa shape index (κ1) is 25.5. The number of rotatable bonds is 6. The van der Waals surface area contributed by atoms with E-state index in [9.17, 15) is 13.2 Å². The summed E-state index contributed by atoms with van der Waals surface area (Å²) >= 11 is 11.9. The number of urea groups is 1. The Morgan fingerprint density at radius 3 is 2.65 bits per heavy atom. The van der Waals surface area contributed by atoms with Crippen LogP contribution >= 0.6 is 23.2 Å². The van der Waals surface area contributed by atoms with Gasteiger partial charge in [-0.25, -0.2) is 32.5 Å². The summed E-state index contributed by atoms with van der Waals surface area (Å²) in [7, 11) is -2.08. The van der Waals surface area contributed by atoms with Crippen LogP contribution in [0.3, 0.4) is 0 Å². The van der Waals surface area contributed by atoms with Gasteiger partial charge in [-0.05, 0) is 25.0 Å². The number of benzene rings is 2. The van der Waals surface area contributed by atoms with E-state index < -0.39 is 21.9 Å². The van der Waals surface area contributed by atoms with E-state index in [1.807, 2.05) is 0 Å². The highest BCUT2D eigenvalue weighted by atomic mass is 35.5. The van der Waals surface area contributed by atoms with Crippen LogP contribution in [0.4, 0.5) is 26.4 Å². The van der Waals surface area contributed by atoms with Crippen molar-refractivity contribution in [3.63, 3.8) is 0 Å². The zero-order valence-electron chi connectivity index (χ0n) is 19.4. The molecule has 2 amide bonds. The summed E-state index contributed by atoms with van der Waals surface area (Å²) < 4.78 is 52.4. The van der Waals surface area contributed by atoms with Gasteiger partial charge in [0.15, 0.2) is 23.1 Å². The molecule has 3 aromatic rings. The van der Waals surface area contributed by atoms with Gasteiger partial charge in [-0.3, -0.25) is 0 Å². The van der Waals surface area contributed by atoms with Gasteiger partial charge in [0.25, 0.3) is 0 Å². The van der Waals surface area contributed by atoms with E-state index in [4.69, 9.17) is 32.7 Å². The lowest BCUT2D eigenvalue weighted by Gasteiger charge is -2.33. The number of anilines is 3. The third-order valence-electron chi connectivity index (χ3n) is 6.20. The molecular weight excluding hydrogens is 548 g/mol. The molecule has 194 valence electrons. The van der Waals surface area contributed by atoms with Gasteiger partial charge in [-0.2, -0.15) is 4.31 Å². The lowest BCUT2D eigenvalue weighted by Crippen LogP contribution is -2.41. The van der Waals surface area contributed by atoms with Crippen molar-refractivity contribution in [2.24, 2.45) is 0 Å². The monoisotopic (exact) mass is 567 g/mol. The molecule has 2 aromatic carbocycles. The van der Waals surface area contributed by atoms with E-state index >= 15 is 4.39 Å². The van der Waals surface area contributed by atoms with E-state index in [1.165, 1.54) is 29.9 Å². The van der Waals surface area contributed by atoms with Crippen LogP contribution in [-0.4, -0.2) is 55.0 Å². The van der Waals surface area contributed by atoms with Crippen LogP contribution in [0.25, 0.3) is 10.9 Å². The molecule has 14 heteroatoms. The molecule has 1 fully saturated rings. The number of ether oxygens (including phenoxy) is 2. The van der Waals surface area contributed by atoms with Crippen LogP contribution in [0.2, 0.25) is 10.0 Å². The number of hydrogen-bond acceptors (Lipinski definition) is 7. The van der Waals surface area contributed by atoms with E-state index in [2.05, 4.69) is 21.9 Å². The minimum absolute atomic E-state index is 0.000861. The van der Waals surface area contributed by atoms with Crippen LogP contribution in [-0.2, 0) is 10.0 Å². The summed E-state index contributed by atoms with van der Waals surface area (Å²) in [6.07, 6.45) is 1.69. The second kappa shape index (κ2) is 9.60. The average molecular weight is 568 g/mol. The van der Waals surface area contributed by atoms with Crippen LogP contribution in [0.15, 0.2) is 36.5 Å². The summed E-state index contributed by atoms with van der Waals surface area (Å²) in [6.45, 7) is 3.85. The molecule has 1 aromatic heterocycles. The molecule has 0 unspecified atom stereocenters. The number of sulfonamides is 1. The van der Waals surface area contributed by atoms with Crippen LogP contribution in [0.5, 0.6) is 11.5 Å². The molecule has 37 heavy (non-hydrogen) atoms. The number of methoxy groups -OCH3 is 1. The fourth-order valence-corrected chi connectivity index (χ4v) is 5.61. The normalized spacial score (nSPS) is 16.5. The number of amides is 2. The van der Waals surface area contributed by atoms with E-state index in [0.29, 0.717) is 29.5 Å². The van der Waals surface area contributed by atoms with Crippen molar-refractivity contribution in [1.82, 2.24) is 14.3 Å². The van der Waals surface area contributed by atoms with Gasteiger partial charge in [-0.15, -0.1) is 0 Å². The van der Waals surface area contributed by atoms with Crippen molar-refractivity contribution in [3.8, 4) is 11.5 Å². The summed E-state index contributed by atoms with van der Waals surface area (Å²) in [5.41, 5.74) is 0.529. The molecule has 0 atom stereocenters. The predicted molar refractivity (Wildman–Crippen MR) is 138 cm³/mol. The zero-order valence-corrected chi connectivity index (χ0v) is 21.7. The summed E-state index contributed by atoms with van der Waals surface area (Å²) in [4.78, 5) is 22.9. The van der Waals surface area contributed by atoms with Gasteiger partial charge < -0.3 is 14.8 Å². The number of nitrogens with zero attached hydrogens (tertiary/aromatic N) is 4. The molecular formula is C23H20Cl2FN5O5S. The maximum atomic E-state index is 15.0. The molecule has 2 aliphatic heterocycles. The van der Waals surface area contributed by atoms with Crippen LogP contribution in [0.1, 0.15) is 12.8 Å². The highest BCUT2D eigenvalue weighted by molar-refractivity contribution is 7.92. The molecule has 5 rings (SSSR count). The number of carbonyl (C=O) groups is 1. The minimum Gasteiger partial charge on any atom is -0.493 e. The number of halogens is 3. The highest BCUT2D eigenvalue weighted by Crippen LogP contribution is 2.49. The van der Waals surface area contributed by atoms with Gasteiger partial charge in [-0.1, -0.05) is 29.8 Å². The smallest absolute Gasteiger partial charge is 0.332 e. The molecule has 10 nitrogen and oxygen atoms in total. The average Bonchev–Trinajstić information content (AvgIpc) is 2.89. The van der Waals surface area contributed by atoms with E-state index in [1.54, 1.807) is 6.07 Å². The minimum atomic E-state index is -3.53. The van der Waals surface area contributed by atoms with Gasteiger partial charge >= 0.3 is 6.03 Å². The first-order valence-corrected chi connectivity index (χ1v) is 13.3. The second-order valence-corrected chi connectivity index (χ2v) is 10.9. The maximum Gasteiger partial charge on any atom is 0.332 e. The fraction of sp³-hybridized carbons (Fsp3) is 0.261. The molecule has 1 saturated heterocycles. The molecule has 0 radical (unpaired) electrons. The Bertz CT molecular complexity index is 1550. The summed E-state index contributed by atoms with van der Waals surface area (Å²) in [5, 5.41) is 3.74. The van der Waals surface area contributed by atoms with Crippen molar-refractivity contribution >= 4 is 67.4 Å². The fourth-order valence-electron chi connectivity index (χ4n) is 4.37. The molecule has 1 N–H and O–H groups in total. The van der Waals surface area contributed by atoms with Gasteiger partial charge in [0, 0.05) is 24.6 Å². The van der Waals surface area contributed by atoms with Crippen LogP contribution < -0.4 is 19.7 Å². The second-order valence-electron chi connectivity index (χ2n) is 8.26. The SMILES string of the molecule is C=CS(=O)(=O)N1CCC(Oc2c(OC)cc3ncnc4c3c2NC(=O)N4c2ccc(Cl)c(Cl)c2F)CC1. The molecule has 0 bridgehead atoms. The number of hydrogen-bond donors (Lipinski definition) is 1. The lowest BCUT2D eigenvalue weighted by atomic mass is 10.1. The van der Waals surface area contributed by atoms with Crippen LogP contribution in [0, 0.1) is 5.82 Å². The van der Waals surface area contributed by atoms with Crippen molar-refractivity contribution in [2.75, 3.05) is 30.4 Å². The largest absolute Gasteiger partial charge is 0.493 e. The quantitative estimate of drug-likeness (QED) is 0.413. The number of piperidine rings is 1. The molecule has 2 aliphatic rings. The van der Waals surface area contributed by atoms with Crippen molar-refractivity contribution in [1.29, 1.82) is 0 Å². The van der Waals surface area contributed by atoms with E-state index in [0.717, 1.165) is 10.3 Å². The molecule has 3 heterocycles. The third-order valence-corrected chi connectivity index (χ3v) is 8.49. The molecule has 0 saturated carbocycles.